The molecule has 1 fully saturated rings. The van der Waals surface area contributed by atoms with E-state index >= 15 is 0 Å². The van der Waals surface area contributed by atoms with Crippen LogP contribution < -0.4 is 10.5 Å². The van der Waals surface area contributed by atoms with Crippen molar-refractivity contribution in [1.82, 2.24) is 25.2 Å². The van der Waals surface area contributed by atoms with E-state index in [1.54, 1.807) is 0 Å². The Morgan fingerprint density at radius 2 is 1.85 bits per heavy atom. The Bertz CT molecular complexity index is 1400. The van der Waals surface area contributed by atoms with E-state index in [0.717, 1.165) is 59.3 Å². The second kappa shape index (κ2) is 7.83. The van der Waals surface area contributed by atoms with Gasteiger partial charge in [0.15, 0.2) is 5.82 Å². The van der Waals surface area contributed by atoms with Crippen LogP contribution in [0.25, 0.3) is 10.9 Å². The summed E-state index contributed by atoms with van der Waals surface area (Å²) in [5, 5.41) is 14.1. The Hall–Kier alpha value is -3.48. The molecule has 1 saturated carbocycles. The summed E-state index contributed by atoms with van der Waals surface area (Å²) in [4.78, 5) is 19.1. The molecule has 1 atom stereocenters. The van der Waals surface area contributed by atoms with Crippen molar-refractivity contribution >= 4 is 16.6 Å². The summed E-state index contributed by atoms with van der Waals surface area (Å²) in [6.45, 7) is 4.95. The number of para-hydroxylation sites is 1. The summed E-state index contributed by atoms with van der Waals surface area (Å²) < 4.78 is 1.99. The monoisotopic (exact) mass is 440 g/mol. The molecule has 1 aliphatic carbocycles. The smallest absolute Gasteiger partial charge is 0.254 e. The van der Waals surface area contributed by atoms with E-state index in [4.69, 9.17) is 0 Å². The first-order chi connectivity index (χ1) is 16.1. The third-order valence-corrected chi connectivity index (χ3v) is 7.44. The average molecular weight is 441 g/mol. The first-order valence-corrected chi connectivity index (χ1v) is 11.9. The zero-order valence-electron chi connectivity index (χ0n) is 19.1. The van der Waals surface area contributed by atoms with E-state index < -0.39 is 0 Å². The van der Waals surface area contributed by atoms with Crippen LogP contribution in [0.5, 0.6) is 0 Å². The lowest BCUT2D eigenvalue weighted by Gasteiger charge is -2.30. The normalized spacial score (nSPS) is 17.1. The molecule has 0 spiro atoms. The quantitative estimate of drug-likeness (QED) is 0.509. The van der Waals surface area contributed by atoms with Crippen molar-refractivity contribution in [2.75, 3.05) is 11.4 Å². The van der Waals surface area contributed by atoms with E-state index in [1.807, 2.05) is 11.6 Å². The Morgan fingerprint density at radius 3 is 2.70 bits per heavy atom. The van der Waals surface area contributed by atoms with Crippen molar-refractivity contribution in [1.29, 1.82) is 0 Å². The van der Waals surface area contributed by atoms with Gasteiger partial charge in [0.05, 0.1) is 11.6 Å². The highest BCUT2D eigenvalue weighted by Crippen LogP contribution is 2.39. The number of fused-ring (bicyclic) bond motifs is 2. The summed E-state index contributed by atoms with van der Waals surface area (Å²) >= 11 is 0. The molecule has 0 amide bonds. The molecule has 0 bridgehead atoms. The van der Waals surface area contributed by atoms with Crippen molar-refractivity contribution in [2.45, 2.75) is 58.0 Å². The SMILES string of the molecule is Cc1ccc(C)c2[nH]c(=O)c(C(c3nnnn3C3CCCC3)N3CCc4ccccc43)cc12. The van der Waals surface area contributed by atoms with E-state index in [2.05, 4.69) is 74.8 Å². The Morgan fingerprint density at radius 1 is 1.06 bits per heavy atom. The van der Waals surface area contributed by atoms with Crippen molar-refractivity contribution in [3.8, 4) is 0 Å². The van der Waals surface area contributed by atoms with E-state index in [9.17, 15) is 4.79 Å². The highest BCUT2D eigenvalue weighted by molar-refractivity contribution is 5.85. The van der Waals surface area contributed by atoms with Gasteiger partial charge in [-0.2, -0.15) is 0 Å². The minimum Gasteiger partial charge on any atom is -0.357 e. The molecule has 1 N–H and O–H groups in total. The molecule has 1 aliphatic heterocycles. The molecule has 168 valence electrons. The number of hydrogen-bond acceptors (Lipinski definition) is 5. The lowest BCUT2D eigenvalue weighted by atomic mass is 9.99. The fourth-order valence-corrected chi connectivity index (χ4v) is 5.66. The average Bonchev–Trinajstić information content (AvgIpc) is 3.58. The lowest BCUT2D eigenvalue weighted by molar-refractivity contribution is 0.428. The summed E-state index contributed by atoms with van der Waals surface area (Å²) in [6.07, 6.45) is 5.48. The fourth-order valence-electron chi connectivity index (χ4n) is 5.66. The predicted molar refractivity (Wildman–Crippen MR) is 129 cm³/mol. The lowest BCUT2D eigenvalue weighted by Crippen LogP contribution is -2.34. The van der Waals surface area contributed by atoms with Gasteiger partial charge in [-0.15, -0.1) is 5.10 Å². The van der Waals surface area contributed by atoms with E-state index in [0.29, 0.717) is 11.6 Å². The topological polar surface area (TPSA) is 79.7 Å². The van der Waals surface area contributed by atoms with Crippen LogP contribution in [-0.4, -0.2) is 31.7 Å². The van der Waals surface area contributed by atoms with Crippen LogP contribution in [0.4, 0.5) is 5.69 Å². The van der Waals surface area contributed by atoms with Gasteiger partial charge < -0.3 is 9.88 Å². The van der Waals surface area contributed by atoms with Crippen molar-refractivity contribution < 1.29 is 0 Å². The maximum absolute atomic E-state index is 13.6. The maximum Gasteiger partial charge on any atom is 0.254 e. The molecular formula is C26H28N6O. The molecule has 0 radical (unpaired) electrons. The van der Waals surface area contributed by atoms with Gasteiger partial charge in [-0.1, -0.05) is 43.2 Å². The summed E-state index contributed by atoms with van der Waals surface area (Å²) in [6, 6.07) is 14.6. The molecular weight excluding hydrogens is 412 g/mol. The largest absolute Gasteiger partial charge is 0.357 e. The number of nitrogens with one attached hydrogen (secondary N) is 1. The molecule has 4 aromatic rings. The second-order valence-electron chi connectivity index (χ2n) is 9.44. The second-order valence-corrected chi connectivity index (χ2v) is 9.44. The number of hydrogen-bond donors (Lipinski definition) is 1. The number of tetrazole rings is 1. The van der Waals surface area contributed by atoms with Gasteiger partial charge in [-0.3, -0.25) is 4.79 Å². The highest BCUT2D eigenvalue weighted by atomic mass is 16.1. The number of anilines is 1. The van der Waals surface area contributed by atoms with Gasteiger partial charge in [-0.05, 0) is 72.4 Å². The van der Waals surface area contributed by atoms with Crippen LogP contribution in [0.15, 0.2) is 47.3 Å². The van der Waals surface area contributed by atoms with Crippen LogP contribution in [0, 0.1) is 13.8 Å². The van der Waals surface area contributed by atoms with Gasteiger partial charge in [-0.25, -0.2) is 4.68 Å². The molecule has 7 nitrogen and oxygen atoms in total. The predicted octanol–water partition coefficient (Wildman–Crippen LogP) is 4.40. The first kappa shape index (κ1) is 20.1. The molecule has 33 heavy (non-hydrogen) atoms. The van der Waals surface area contributed by atoms with Crippen molar-refractivity contribution in [3.63, 3.8) is 0 Å². The van der Waals surface area contributed by atoms with Crippen LogP contribution >= 0.6 is 0 Å². The molecule has 2 aromatic carbocycles. The maximum atomic E-state index is 13.6. The summed E-state index contributed by atoms with van der Waals surface area (Å²) in [7, 11) is 0. The Kier molecular flexibility index (Phi) is 4.78. The third kappa shape index (κ3) is 3.25. The minimum atomic E-state index is -0.350. The fraction of sp³-hybridized carbons (Fsp3) is 0.385. The first-order valence-electron chi connectivity index (χ1n) is 11.9. The molecule has 2 aliphatic rings. The van der Waals surface area contributed by atoms with Crippen LogP contribution in [0.1, 0.15) is 65.8 Å². The molecule has 6 rings (SSSR count). The zero-order valence-corrected chi connectivity index (χ0v) is 19.1. The number of rotatable bonds is 4. The summed E-state index contributed by atoms with van der Waals surface area (Å²) in [5.74, 6) is 0.758. The standard InChI is InChI=1S/C26H28N6O/c1-16-11-12-17(2)23-20(16)15-21(26(33)27-23)24(31-14-13-18-7-3-6-10-22(18)31)25-28-29-30-32(25)19-8-4-5-9-19/h3,6-7,10-12,15,19,24H,4-5,8-9,13-14H2,1-2H3,(H,27,33). The number of aromatic amines is 1. The molecule has 3 heterocycles. The molecule has 1 unspecified atom stereocenters. The van der Waals surface area contributed by atoms with Crippen LogP contribution in [0.3, 0.4) is 0 Å². The number of aromatic nitrogens is 5. The van der Waals surface area contributed by atoms with E-state index in [-0.39, 0.29) is 11.6 Å². The minimum absolute atomic E-state index is 0.0773. The molecule has 7 heteroatoms. The highest BCUT2D eigenvalue weighted by Gasteiger charge is 2.36. The summed E-state index contributed by atoms with van der Waals surface area (Å²) in [5.41, 5.74) is 6.19. The number of aryl methyl sites for hydroxylation is 2. The van der Waals surface area contributed by atoms with Gasteiger partial charge in [0, 0.05) is 23.2 Å². The molecule has 0 saturated heterocycles. The number of pyridine rings is 1. The third-order valence-electron chi connectivity index (χ3n) is 7.44. The number of H-pyrrole nitrogens is 1. The van der Waals surface area contributed by atoms with Gasteiger partial charge in [0.25, 0.3) is 5.56 Å². The van der Waals surface area contributed by atoms with Gasteiger partial charge in [0.2, 0.25) is 0 Å². The van der Waals surface area contributed by atoms with Gasteiger partial charge >= 0.3 is 0 Å². The molecule has 2 aromatic heterocycles. The number of benzene rings is 2. The van der Waals surface area contributed by atoms with Crippen molar-refractivity contribution in [2.24, 2.45) is 0 Å². The zero-order chi connectivity index (χ0) is 22.5. The Balaban J connectivity index is 1.58. The number of nitrogens with zero attached hydrogens (tertiary/aromatic N) is 5. The van der Waals surface area contributed by atoms with Crippen molar-refractivity contribution in [3.05, 3.63) is 80.9 Å². The van der Waals surface area contributed by atoms with E-state index in [1.165, 1.54) is 18.4 Å². The Labute approximate surface area is 192 Å². The van der Waals surface area contributed by atoms with Crippen LogP contribution in [-0.2, 0) is 6.42 Å². The van der Waals surface area contributed by atoms with Crippen LogP contribution in [0.2, 0.25) is 0 Å². The van der Waals surface area contributed by atoms with Gasteiger partial charge in [0.1, 0.15) is 6.04 Å².